The zero-order chi connectivity index (χ0) is 13.9. The number of methoxy groups -OCH3 is 1. The highest BCUT2D eigenvalue weighted by Gasteiger charge is 2.21. The molecule has 1 aliphatic rings. The lowest BCUT2D eigenvalue weighted by Gasteiger charge is -2.24. The van der Waals surface area contributed by atoms with E-state index in [1.807, 2.05) is 25.4 Å². The van der Waals surface area contributed by atoms with Gasteiger partial charge in [0.2, 0.25) is 5.88 Å². The highest BCUT2D eigenvalue weighted by atomic mass is 16.5. The SMILES string of the molecule is CNC1CCCc2nc(-c3ccc(OC)nc3)ncc21. The molecule has 5 nitrogen and oxygen atoms in total. The van der Waals surface area contributed by atoms with Gasteiger partial charge in [-0.1, -0.05) is 0 Å². The fourth-order valence-electron chi connectivity index (χ4n) is 2.62. The van der Waals surface area contributed by atoms with Crippen molar-refractivity contribution in [2.24, 2.45) is 0 Å². The summed E-state index contributed by atoms with van der Waals surface area (Å²) in [5.41, 5.74) is 3.29. The maximum Gasteiger partial charge on any atom is 0.212 e. The van der Waals surface area contributed by atoms with Crippen LogP contribution in [0, 0.1) is 0 Å². The molecular formula is C15H18N4O. The summed E-state index contributed by atoms with van der Waals surface area (Å²) in [6, 6.07) is 4.14. The second kappa shape index (κ2) is 5.54. The fraction of sp³-hybridized carbons (Fsp3) is 0.400. The van der Waals surface area contributed by atoms with Gasteiger partial charge in [0.05, 0.1) is 7.11 Å². The van der Waals surface area contributed by atoms with Crippen molar-refractivity contribution in [3.8, 4) is 17.3 Å². The lowest BCUT2D eigenvalue weighted by molar-refractivity contribution is 0.398. The van der Waals surface area contributed by atoms with Gasteiger partial charge >= 0.3 is 0 Å². The van der Waals surface area contributed by atoms with Crippen molar-refractivity contribution >= 4 is 0 Å². The summed E-state index contributed by atoms with van der Waals surface area (Å²) in [6.07, 6.45) is 7.03. The van der Waals surface area contributed by atoms with E-state index in [-0.39, 0.29) is 0 Å². The topological polar surface area (TPSA) is 59.9 Å². The Morgan fingerprint density at radius 2 is 2.15 bits per heavy atom. The summed E-state index contributed by atoms with van der Waals surface area (Å²) >= 11 is 0. The van der Waals surface area contributed by atoms with E-state index in [2.05, 4.69) is 15.3 Å². The van der Waals surface area contributed by atoms with E-state index in [4.69, 9.17) is 9.72 Å². The number of ether oxygens (including phenoxy) is 1. The van der Waals surface area contributed by atoms with Gasteiger partial charge in [0.15, 0.2) is 5.82 Å². The predicted octanol–water partition coefficient (Wildman–Crippen LogP) is 2.14. The molecule has 5 heteroatoms. The van der Waals surface area contributed by atoms with Crippen LogP contribution < -0.4 is 10.1 Å². The van der Waals surface area contributed by atoms with Crippen molar-refractivity contribution in [3.05, 3.63) is 35.8 Å². The molecular weight excluding hydrogens is 252 g/mol. The van der Waals surface area contributed by atoms with Crippen molar-refractivity contribution in [3.63, 3.8) is 0 Å². The minimum atomic E-state index is 0.377. The number of nitrogens with one attached hydrogen (secondary N) is 1. The second-order valence-electron chi connectivity index (χ2n) is 4.92. The third kappa shape index (κ3) is 2.36. The van der Waals surface area contributed by atoms with Gasteiger partial charge in [0.25, 0.3) is 0 Å². The van der Waals surface area contributed by atoms with Gasteiger partial charge in [-0.2, -0.15) is 0 Å². The molecule has 1 unspecified atom stereocenters. The summed E-state index contributed by atoms with van der Waals surface area (Å²) in [6.45, 7) is 0. The van der Waals surface area contributed by atoms with Crippen molar-refractivity contribution in [2.45, 2.75) is 25.3 Å². The Morgan fingerprint density at radius 3 is 2.85 bits per heavy atom. The first-order chi connectivity index (χ1) is 9.81. The van der Waals surface area contributed by atoms with Crippen LogP contribution in [0.3, 0.4) is 0 Å². The number of rotatable bonds is 3. The predicted molar refractivity (Wildman–Crippen MR) is 76.6 cm³/mol. The molecule has 0 aliphatic heterocycles. The van der Waals surface area contributed by atoms with E-state index in [9.17, 15) is 0 Å². The Labute approximate surface area is 118 Å². The molecule has 0 fully saturated rings. The molecule has 2 heterocycles. The highest BCUT2D eigenvalue weighted by molar-refractivity contribution is 5.54. The van der Waals surface area contributed by atoms with Gasteiger partial charge < -0.3 is 10.1 Å². The van der Waals surface area contributed by atoms with Crippen LogP contribution in [0.5, 0.6) is 5.88 Å². The third-order valence-electron chi connectivity index (χ3n) is 3.73. The average molecular weight is 270 g/mol. The van der Waals surface area contributed by atoms with Crippen molar-refractivity contribution in [1.82, 2.24) is 20.3 Å². The maximum atomic E-state index is 5.06. The van der Waals surface area contributed by atoms with Gasteiger partial charge in [-0.3, -0.25) is 0 Å². The Balaban J connectivity index is 1.95. The molecule has 1 N–H and O–H groups in total. The number of hydrogen-bond acceptors (Lipinski definition) is 5. The highest BCUT2D eigenvalue weighted by Crippen LogP contribution is 2.29. The normalized spacial score (nSPS) is 17.6. The zero-order valence-electron chi connectivity index (χ0n) is 11.8. The molecule has 1 aliphatic carbocycles. The molecule has 3 rings (SSSR count). The number of fused-ring (bicyclic) bond motifs is 1. The van der Waals surface area contributed by atoms with Crippen LogP contribution in [0.2, 0.25) is 0 Å². The number of hydrogen-bond donors (Lipinski definition) is 1. The van der Waals surface area contributed by atoms with E-state index >= 15 is 0 Å². The molecule has 0 radical (unpaired) electrons. The Morgan fingerprint density at radius 1 is 1.25 bits per heavy atom. The Bertz CT molecular complexity index is 597. The third-order valence-corrected chi connectivity index (χ3v) is 3.73. The van der Waals surface area contributed by atoms with E-state index in [1.54, 1.807) is 13.3 Å². The molecule has 2 aromatic heterocycles. The molecule has 0 saturated heterocycles. The number of aryl methyl sites for hydroxylation is 1. The van der Waals surface area contributed by atoms with E-state index in [0.29, 0.717) is 11.9 Å². The quantitative estimate of drug-likeness (QED) is 0.926. The molecule has 104 valence electrons. The molecule has 2 aromatic rings. The van der Waals surface area contributed by atoms with Crippen LogP contribution in [-0.2, 0) is 6.42 Å². The second-order valence-corrected chi connectivity index (χ2v) is 4.92. The van der Waals surface area contributed by atoms with Gasteiger partial charge in [0.1, 0.15) is 0 Å². The van der Waals surface area contributed by atoms with Gasteiger partial charge in [-0.25, -0.2) is 15.0 Å². The molecule has 0 aromatic carbocycles. The molecule has 1 atom stereocenters. The monoisotopic (exact) mass is 270 g/mol. The smallest absolute Gasteiger partial charge is 0.212 e. The van der Waals surface area contributed by atoms with Gasteiger partial charge in [-0.05, 0) is 32.4 Å². The first-order valence-electron chi connectivity index (χ1n) is 6.85. The van der Waals surface area contributed by atoms with E-state index in [1.165, 1.54) is 5.56 Å². The number of nitrogens with zero attached hydrogens (tertiary/aromatic N) is 3. The average Bonchev–Trinajstić information content (AvgIpc) is 2.53. The summed E-state index contributed by atoms with van der Waals surface area (Å²) in [5, 5.41) is 3.33. The fourth-order valence-corrected chi connectivity index (χ4v) is 2.62. The zero-order valence-corrected chi connectivity index (χ0v) is 11.8. The van der Waals surface area contributed by atoms with E-state index in [0.717, 1.165) is 36.3 Å². The Hall–Kier alpha value is -2.01. The first kappa shape index (κ1) is 13.0. The van der Waals surface area contributed by atoms with Crippen molar-refractivity contribution in [2.75, 3.05) is 14.2 Å². The van der Waals surface area contributed by atoms with Crippen molar-refractivity contribution in [1.29, 1.82) is 0 Å². The number of pyridine rings is 1. The van der Waals surface area contributed by atoms with Crippen LogP contribution in [0.15, 0.2) is 24.5 Å². The van der Waals surface area contributed by atoms with Crippen LogP contribution in [0.1, 0.15) is 30.1 Å². The number of aromatic nitrogens is 3. The van der Waals surface area contributed by atoms with Gasteiger partial charge in [-0.15, -0.1) is 0 Å². The van der Waals surface area contributed by atoms with Crippen LogP contribution in [0.4, 0.5) is 0 Å². The van der Waals surface area contributed by atoms with Crippen LogP contribution >= 0.6 is 0 Å². The summed E-state index contributed by atoms with van der Waals surface area (Å²) in [4.78, 5) is 13.4. The summed E-state index contributed by atoms with van der Waals surface area (Å²) < 4.78 is 5.06. The lowest BCUT2D eigenvalue weighted by atomic mass is 9.92. The molecule has 0 saturated carbocycles. The van der Waals surface area contributed by atoms with E-state index < -0.39 is 0 Å². The van der Waals surface area contributed by atoms with Crippen LogP contribution in [0.25, 0.3) is 11.4 Å². The molecule has 0 spiro atoms. The Kier molecular flexibility index (Phi) is 3.60. The van der Waals surface area contributed by atoms with Gasteiger partial charge in [0, 0.05) is 41.3 Å². The first-order valence-corrected chi connectivity index (χ1v) is 6.85. The maximum absolute atomic E-state index is 5.06. The lowest BCUT2D eigenvalue weighted by Crippen LogP contribution is -2.22. The standard InChI is InChI=1S/C15H18N4O/c1-16-12-4-3-5-13-11(12)9-18-15(19-13)10-6-7-14(20-2)17-8-10/h6-9,12,16H,3-5H2,1-2H3. The largest absolute Gasteiger partial charge is 0.481 e. The summed E-state index contributed by atoms with van der Waals surface area (Å²) in [5.74, 6) is 1.33. The van der Waals surface area contributed by atoms with Crippen LogP contribution in [-0.4, -0.2) is 29.1 Å². The molecule has 0 bridgehead atoms. The minimum Gasteiger partial charge on any atom is -0.481 e. The molecule has 20 heavy (non-hydrogen) atoms. The summed E-state index contributed by atoms with van der Waals surface area (Å²) in [7, 11) is 3.59. The molecule has 0 amide bonds. The minimum absolute atomic E-state index is 0.377. The van der Waals surface area contributed by atoms with Crippen molar-refractivity contribution < 1.29 is 4.74 Å².